The van der Waals surface area contributed by atoms with Gasteiger partial charge in [0, 0.05) is 0 Å². The molecule has 0 saturated heterocycles. The fourth-order valence-corrected chi connectivity index (χ4v) is 0.797. The number of nitrogens with two attached hydrogens (primary N) is 1. The Bertz CT molecular complexity index is 384. The van der Waals surface area contributed by atoms with E-state index in [1.165, 1.54) is 0 Å². The van der Waals surface area contributed by atoms with Gasteiger partial charge in [-0.05, 0) is 0 Å². The summed E-state index contributed by atoms with van der Waals surface area (Å²) in [6.07, 6.45) is -12.4. The molecule has 4 N–H and O–H groups in total. The maximum atomic E-state index is 12.9. The lowest BCUT2D eigenvalue weighted by Gasteiger charge is -2.26. The summed E-state index contributed by atoms with van der Waals surface area (Å²) in [5.74, 6) is -10.5. The van der Waals surface area contributed by atoms with Crippen molar-refractivity contribution in [1.29, 1.82) is 0 Å². The number of halogens is 7. The van der Waals surface area contributed by atoms with Crippen molar-refractivity contribution in [3.8, 4) is 0 Å². The van der Waals surface area contributed by atoms with Crippen LogP contribution in [0.25, 0.3) is 0 Å². The number of carbonyl (C=O) groups is 2. The van der Waals surface area contributed by atoms with Gasteiger partial charge in [-0.3, -0.25) is 9.59 Å². The molecule has 0 unspecified atom stereocenters. The van der Waals surface area contributed by atoms with Gasteiger partial charge in [-0.15, -0.1) is 13.2 Å². The van der Waals surface area contributed by atoms with E-state index in [1.807, 2.05) is 4.74 Å². The first kappa shape index (κ1) is 18.4. The Labute approximate surface area is 105 Å². The Morgan fingerprint density at radius 3 is 1.90 bits per heavy atom. The van der Waals surface area contributed by atoms with Crippen molar-refractivity contribution in [3.05, 3.63) is 0 Å². The lowest BCUT2D eigenvalue weighted by Crippen LogP contribution is -2.59. The minimum atomic E-state index is -6.23. The van der Waals surface area contributed by atoms with Crippen molar-refractivity contribution < 1.29 is 50.2 Å². The van der Waals surface area contributed by atoms with Crippen LogP contribution in [0.15, 0.2) is 0 Å². The number of rotatable bonds is 6. The summed E-state index contributed by atoms with van der Waals surface area (Å²) in [4.78, 5) is 21.2. The molecule has 0 fully saturated rings. The van der Waals surface area contributed by atoms with Crippen LogP contribution in [0, 0.1) is 0 Å². The lowest BCUT2D eigenvalue weighted by atomic mass is 10.2. The molecule has 0 aliphatic carbocycles. The summed E-state index contributed by atoms with van der Waals surface area (Å²) in [5, 5.41) is 9.30. The monoisotopic (exact) mass is 316 g/mol. The van der Waals surface area contributed by atoms with Crippen LogP contribution in [0.2, 0.25) is 0 Å². The van der Waals surface area contributed by atoms with Crippen molar-refractivity contribution in [2.45, 2.75) is 24.4 Å². The third-order valence-electron chi connectivity index (χ3n) is 1.73. The van der Waals surface area contributed by atoms with Crippen molar-refractivity contribution >= 4 is 11.8 Å². The second-order valence-electron chi connectivity index (χ2n) is 3.25. The lowest BCUT2D eigenvalue weighted by molar-refractivity contribution is -0.458. The molecule has 0 aromatic carbocycles. The van der Waals surface area contributed by atoms with Crippen molar-refractivity contribution in [1.82, 2.24) is 5.32 Å². The van der Waals surface area contributed by atoms with Crippen LogP contribution in [-0.4, -0.2) is 48.0 Å². The average Bonchev–Trinajstić information content (AvgIpc) is 2.21. The van der Waals surface area contributed by atoms with Gasteiger partial charge in [-0.2, -0.15) is 17.6 Å². The molecule has 118 valence electrons. The highest BCUT2D eigenvalue weighted by atomic mass is 19.4. The van der Waals surface area contributed by atoms with Crippen LogP contribution >= 0.6 is 0 Å². The number of primary amides is 1. The highest BCUT2D eigenvalue weighted by Gasteiger charge is 2.67. The minimum Gasteiger partial charge on any atom is -0.394 e. The van der Waals surface area contributed by atoms with E-state index in [9.17, 15) is 40.3 Å². The van der Waals surface area contributed by atoms with Gasteiger partial charge in [0.15, 0.2) is 0 Å². The molecular formula is C7H7F7N2O4. The fraction of sp³-hybridized carbons (Fsp3) is 0.714. The van der Waals surface area contributed by atoms with E-state index in [1.54, 1.807) is 0 Å². The van der Waals surface area contributed by atoms with E-state index < -0.39 is 42.9 Å². The summed E-state index contributed by atoms with van der Waals surface area (Å²) in [6, 6.07) is -2.19. The first-order valence-corrected chi connectivity index (χ1v) is 4.48. The molecule has 6 nitrogen and oxygen atoms in total. The molecule has 0 radical (unpaired) electrons. The van der Waals surface area contributed by atoms with Crippen molar-refractivity contribution in [3.63, 3.8) is 0 Å². The highest BCUT2D eigenvalue weighted by molar-refractivity contribution is 5.90. The Morgan fingerprint density at radius 2 is 1.60 bits per heavy atom. The number of nitrogens with one attached hydrogen (secondary N) is 1. The normalized spacial score (nSPS) is 14.8. The number of aliphatic hydroxyl groups is 1. The van der Waals surface area contributed by atoms with Crippen LogP contribution in [0.4, 0.5) is 30.7 Å². The summed E-state index contributed by atoms with van der Waals surface area (Å²) in [6.45, 7) is -1.33. The number of amides is 2. The molecule has 0 aromatic rings. The molecule has 0 saturated carbocycles. The third-order valence-corrected chi connectivity index (χ3v) is 1.73. The maximum Gasteiger partial charge on any atom is 0.527 e. The molecule has 0 aliphatic heterocycles. The average molecular weight is 316 g/mol. The molecule has 0 heterocycles. The van der Waals surface area contributed by atoms with Gasteiger partial charge < -0.3 is 16.2 Å². The zero-order valence-electron chi connectivity index (χ0n) is 9.18. The summed E-state index contributed by atoms with van der Waals surface area (Å²) >= 11 is 0. The molecule has 1 atom stereocenters. The number of carbonyl (C=O) groups excluding carboxylic acids is 2. The van der Waals surface area contributed by atoms with Gasteiger partial charge in [-0.25, -0.2) is 4.74 Å². The molecule has 0 spiro atoms. The van der Waals surface area contributed by atoms with Crippen molar-refractivity contribution in [2.24, 2.45) is 5.73 Å². The Balaban J connectivity index is 5.11. The van der Waals surface area contributed by atoms with Crippen LogP contribution in [-0.2, 0) is 14.3 Å². The second kappa shape index (κ2) is 5.78. The molecule has 2 amide bonds. The van der Waals surface area contributed by atoms with Gasteiger partial charge in [0.2, 0.25) is 5.91 Å². The number of hydrogen-bond acceptors (Lipinski definition) is 4. The van der Waals surface area contributed by atoms with E-state index in [0.717, 1.165) is 5.32 Å². The van der Waals surface area contributed by atoms with Gasteiger partial charge in [0.05, 0.1) is 6.61 Å². The molecule has 0 bridgehead atoms. The van der Waals surface area contributed by atoms with Crippen LogP contribution in [0.1, 0.15) is 0 Å². The van der Waals surface area contributed by atoms with Crippen LogP contribution in [0.5, 0.6) is 0 Å². The predicted molar refractivity (Wildman–Crippen MR) is 45.2 cm³/mol. The van der Waals surface area contributed by atoms with E-state index in [0.29, 0.717) is 0 Å². The molecule has 0 aliphatic rings. The number of alkyl halides is 7. The van der Waals surface area contributed by atoms with Crippen LogP contribution in [0.3, 0.4) is 0 Å². The largest absolute Gasteiger partial charge is 0.527 e. The standard InChI is InChI=1S/C7H7F7N2O4/c8-5(9,6(10,11)20-7(12,13)14)4(19)16-2(1-17)3(15)18/h2,17H,1H2,(H2,15,18)(H,16,19)/t2-/m0/s1. The summed E-state index contributed by atoms with van der Waals surface area (Å²) in [5.41, 5.74) is 4.49. The molecule has 13 heteroatoms. The first-order valence-electron chi connectivity index (χ1n) is 4.48. The van der Waals surface area contributed by atoms with Crippen molar-refractivity contribution in [2.75, 3.05) is 6.61 Å². The minimum absolute atomic E-state index is 0.857. The van der Waals surface area contributed by atoms with Crippen LogP contribution < -0.4 is 11.1 Å². The SMILES string of the molecule is NC(=O)[C@H](CO)NC(=O)C(F)(F)C(F)(F)OC(F)(F)F. The second-order valence-corrected chi connectivity index (χ2v) is 3.25. The maximum absolute atomic E-state index is 12.9. The quantitative estimate of drug-likeness (QED) is 0.586. The first-order chi connectivity index (χ1) is 8.74. The molecule has 0 aromatic heterocycles. The number of ether oxygens (including phenoxy) is 1. The van der Waals surface area contributed by atoms with E-state index in [2.05, 4.69) is 5.73 Å². The van der Waals surface area contributed by atoms with E-state index in [-0.39, 0.29) is 0 Å². The van der Waals surface area contributed by atoms with Gasteiger partial charge in [-0.1, -0.05) is 0 Å². The Morgan fingerprint density at radius 1 is 1.15 bits per heavy atom. The fourth-order valence-electron chi connectivity index (χ4n) is 0.797. The Hall–Kier alpha value is -1.63. The number of hydrogen-bond donors (Lipinski definition) is 3. The zero-order valence-corrected chi connectivity index (χ0v) is 9.18. The zero-order chi connectivity index (χ0) is 16.4. The number of aliphatic hydroxyl groups excluding tert-OH is 1. The summed E-state index contributed by atoms with van der Waals surface area (Å²) < 4.78 is 87.3. The molecule has 20 heavy (non-hydrogen) atoms. The smallest absolute Gasteiger partial charge is 0.394 e. The molecule has 0 rings (SSSR count). The highest BCUT2D eigenvalue weighted by Crippen LogP contribution is 2.40. The van der Waals surface area contributed by atoms with E-state index >= 15 is 0 Å². The molecular weight excluding hydrogens is 309 g/mol. The van der Waals surface area contributed by atoms with Gasteiger partial charge in [0.1, 0.15) is 6.04 Å². The van der Waals surface area contributed by atoms with Gasteiger partial charge in [0.25, 0.3) is 0 Å². The Kier molecular flexibility index (Phi) is 5.31. The van der Waals surface area contributed by atoms with E-state index in [4.69, 9.17) is 5.11 Å². The summed E-state index contributed by atoms with van der Waals surface area (Å²) in [7, 11) is 0. The topological polar surface area (TPSA) is 102 Å². The third kappa shape index (κ3) is 4.48. The van der Waals surface area contributed by atoms with Gasteiger partial charge >= 0.3 is 24.3 Å². The predicted octanol–water partition coefficient (Wildman–Crippen LogP) is -0.287.